The molecule has 1 fully saturated rings. The summed E-state index contributed by atoms with van der Waals surface area (Å²) in [4.78, 5) is 0. The Balaban J connectivity index is 2.40. The van der Waals surface area contributed by atoms with E-state index in [1.54, 1.807) is 14.2 Å². The van der Waals surface area contributed by atoms with Crippen LogP contribution < -0.4 is 14.8 Å². The Bertz CT molecular complexity index is 364. The summed E-state index contributed by atoms with van der Waals surface area (Å²) in [6.07, 6.45) is 1.12. The number of hydrogen-bond acceptors (Lipinski definition) is 3. The van der Waals surface area contributed by atoms with Gasteiger partial charge in [0.1, 0.15) is 0 Å². The number of rotatable bonds is 3. The zero-order valence-corrected chi connectivity index (χ0v) is 9.60. The van der Waals surface area contributed by atoms with Crippen molar-refractivity contribution >= 4 is 11.6 Å². The van der Waals surface area contributed by atoms with Crippen molar-refractivity contribution in [3.63, 3.8) is 0 Å². The molecule has 0 aliphatic carbocycles. The van der Waals surface area contributed by atoms with Crippen molar-refractivity contribution in [2.24, 2.45) is 0 Å². The van der Waals surface area contributed by atoms with Crippen LogP contribution in [0.1, 0.15) is 18.0 Å². The second kappa shape index (κ2) is 4.29. The molecule has 0 aromatic heterocycles. The minimum Gasteiger partial charge on any atom is -0.493 e. The summed E-state index contributed by atoms with van der Waals surface area (Å²) >= 11 is 6.26. The molecule has 82 valence electrons. The van der Waals surface area contributed by atoms with Gasteiger partial charge in [-0.3, -0.25) is 0 Å². The van der Waals surface area contributed by atoms with E-state index >= 15 is 0 Å². The van der Waals surface area contributed by atoms with Crippen molar-refractivity contribution in [1.29, 1.82) is 0 Å². The predicted molar refractivity (Wildman–Crippen MR) is 59.9 cm³/mol. The van der Waals surface area contributed by atoms with Crippen LogP contribution in [-0.2, 0) is 0 Å². The third-order valence-electron chi connectivity index (χ3n) is 2.71. The summed E-state index contributed by atoms with van der Waals surface area (Å²) in [5.41, 5.74) is 1.08. The maximum Gasteiger partial charge on any atom is 0.179 e. The van der Waals surface area contributed by atoms with E-state index in [0.29, 0.717) is 22.6 Å². The molecule has 1 aromatic rings. The minimum absolute atomic E-state index is 0.359. The van der Waals surface area contributed by atoms with Crippen LogP contribution in [0.4, 0.5) is 0 Å². The largest absolute Gasteiger partial charge is 0.493 e. The van der Waals surface area contributed by atoms with Crippen LogP contribution >= 0.6 is 11.6 Å². The Morgan fingerprint density at radius 1 is 1.33 bits per heavy atom. The molecule has 0 unspecified atom stereocenters. The Labute approximate surface area is 94.3 Å². The van der Waals surface area contributed by atoms with Gasteiger partial charge in [0.25, 0.3) is 0 Å². The first-order valence-electron chi connectivity index (χ1n) is 4.91. The molecule has 1 aliphatic rings. The standard InChI is InChI=1S/C11H14ClNO2/c1-14-9-4-3-7(8-5-6-13-8)10(12)11(9)15-2/h3-4,8,13H,5-6H2,1-2H3/t8-/m0/s1. The van der Waals surface area contributed by atoms with Gasteiger partial charge in [-0.15, -0.1) is 0 Å². The van der Waals surface area contributed by atoms with Crippen molar-refractivity contribution in [2.75, 3.05) is 20.8 Å². The highest BCUT2D eigenvalue weighted by Gasteiger charge is 2.24. The molecule has 2 rings (SSSR count). The summed E-state index contributed by atoms with van der Waals surface area (Å²) in [5.74, 6) is 1.29. The molecule has 0 radical (unpaired) electrons. The second-order valence-electron chi connectivity index (χ2n) is 3.50. The molecule has 1 aromatic carbocycles. The number of ether oxygens (including phenoxy) is 2. The van der Waals surface area contributed by atoms with Gasteiger partial charge in [0, 0.05) is 6.04 Å². The van der Waals surface area contributed by atoms with Gasteiger partial charge in [0.15, 0.2) is 11.5 Å². The maximum absolute atomic E-state index is 6.26. The van der Waals surface area contributed by atoms with E-state index in [2.05, 4.69) is 5.32 Å². The van der Waals surface area contributed by atoms with Gasteiger partial charge in [-0.2, -0.15) is 0 Å². The van der Waals surface area contributed by atoms with Crippen molar-refractivity contribution in [3.8, 4) is 11.5 Å². The van der Waals surface area contributed by atoms with Crippen LogP contribution in [0, 0.1) is 0 Å². The number of methoxy groups -OCH3 is 2. The lowest BCUT2D eigenvalue weighted by Crippen LogP contribution is -2.35. The highest BCUT2D eigenvalue weighted by molar-refractivity contribution is 6.33. The quantitative estimate of drug-likeness (QED) is 0.860. The second-order valence-corrected chi connectivity index (χ2v) is 3.88. The van der Waals surface area contributed by atoms with Crippen LogP contribution in [0.3, 0.4) is 0 Å². The van der Waals surface area contributed by atoms with Crippen LogP contribution in [0.2, 0.25) is 5.02 Å². The van der Waals surface area contributed by atoms with E-state index in [4.69, 9.17) is 21.1 Å². The van der Waals surface area contributed by atoms with Gasteiger partial charge in [-0.25, -0.2) is 0 Å². The molecule has 3 nitrogen and oxygen atoms in total. The molecular formula is C11H14ClNO2. The third kappa shape index (κ3) is 1.77. The zero-order chi connectivity index (χ0) is 10.8. The number of benzene rings is 1. The molecule has 4 heteroatoms. The first-order chi connectivity index (χ1) is 7.27. The number of halogens is 1. The fraction of sp³-hybridized carbons (Fsp3) is 0.455. The monoisotopic (exact) mass is 227 g/mol. The van der Waals surface area contributed by atoms with Crippen LogP contribution in [0.25, 0.3) is 0 Å². The van der Waals surface area contributed by atoms with Gasteiger partial charge >= 0.3 is 0 Å². The van der Waals surface area contributed by atoms with Crippen molar-refractivity contribution < 1.29 is 9.47 Å². The van der Waals surface area contributed by atoms with E-state index in [1.807, 2.05) is 12.1 Å². The molecule has 1 heterocycles. The molecule has 15 heavy (non-hydrogen) atoms. The van der Waals surface area contributed by atoms with E-state index in [9.17, 15) is 0 Å². The Hall–Kier alpha value is -0.930. The fourth-order valence-corrected chi connectivity index (χ4v) is 2.09. The van der Waals surface area contributed by atoms with Gasteiger partial charge in [0.2, 0.25) is 0 Å². The van der Waals surface area contributed by atoms with Crippen molar-refractivity contribution in [1.82, 2.24) is 5.32 Å². The molecule has 0 bridgehead atoms. The van der Waals surface area contributed by atoms with Crippen LogP contribution in [0.15, 0.2) is 12.1 Å². The topological polar surface area (TPSA) is 30.5 Å². The molecular weight excluding hydrogens is 214 g/mol. The predicted octanol–water partition coefficient (Wildman–Crippen LogP) is 2.39. The first-order valence-corrected chi connectivity index (χ1v) is 5.29. The zero-order valence-electron chi connectivity index (χ0n) is 8.84. The minimum atomic E-state index is 0.359. The summed E-state index contributed by atoms with van der Waals surface area (Å²) in [5, 5.41) is 3.96. The van der Waals surface area contributed by atoms with Crippen LogP contribution in [-0.4, -0.2) is 20.8 Å². The molecule has 1 aliphatic heterocycles. The number of hydrogen-bond donors (Lipinski definition) is 1. The highest BCUT2D eigenvalue weighted by Crippen LogP contribution is 2.41. The van der Waals surface area contributed by atoms with E-state index in [-0.39, 0.29) is 0 Å². The van der Waals surface area contributed by atoms with E-state index in [0.717, 1.165) is 18.5 Å². The first kappa shape index (κ1) is 10.6. The average molecular weight is 228 g/mol. The number of nitrogens with one attached hydrogen (secondary N) is 1. The highest BCUT2D eigenvalue weighted by atomic mass is 35.5. The fourth-order valence-electron chi connectivity index (χ4n) is 1.73. The lowest BCUT2D eigenvalue weighted by molar-refractivity contribution is 0.349. The summed E-state index contributed by atoms with van der Waals surface area (Å²) in [7, 11) is 3.21. The smallest absolute Gasteiger partial charge is 0.179 e. The SMILES string of the molecule is COc1ccc([C@@H]2CCN2)c(Cl)c1OC. The lowest BCUT2D eigenvalue weighted by atomic mass is 9.97. The van der Waals surface area contributed by atoms with Crippen molar-refractivity contribution in [2.45, 2.75) is 12.5 Å². The maximum atomic E-state index is 6.26. The van der Waals surface area contributed by atoms with E-state index < -0.39 is 0 Å². The van der Waals surface area contributed by atoms with E-state index in [1.165, 1.54) is 0 Å². The van der Waals surface area contributed by atoms with Crippen LogP contribution in [0.5, 0.6) is 11.5 Å². The lowest BCUT2D eigenvalue weighted by Gasteiger charge is -2.29. The van der Waals surface area contributed by atoms with Gasteiger partial charge in [-0.05, 0) is 24.6 Å². The molecule has 0 saturated carbocycles. The summed E-state index contributed by atoms with van der Waals surface area (Å²) in [6, 6.07) is 4.23. The van der Waals surface area contributed by atoms with Gasteiger partial charge in [0.05, 0.1) is 19.2 Å². The third-order valence-corrected chi connectivity index (χ3v) is 3.10. The average Bonchev–Trinajstić information content (AvgIpc) is 2.18. The Morgan fingerprint density at radius 3 is 2.53 bits per heavy atom. The molecule has 1 atom stereocenters. The van der Waals surface area contributed by atoms with Gasteiger partial charge < -0.3 is 14.8 Å². The molecule has 1 N–H and O–H groups in total. The van der Waals surface area contributed by atoms with Crippen molar-refractivity contribution in [3.05, 3.63) is 22.7 Å². The molecule has 0 amide bonds. The molecule has 0 spiro atoms. The Kier molecular flexibility index (Phi) is 3.03. The summed E-state index contributed by atoms with van der Waals surface area (Å²) in [6.45, 7) is 1.05. The summed E-state index contributed by atoms with van der Waals surface area (Å²) < 4.78 is 10.4. The Morgan fingerprint density at radius 2 is 2.07 bits per heavy atom. The normalized spacial score (nSPS) is 19.5. The van der Waals surface area contributed by atoms with Gasteiger partial charge in [-0.1, -0.05) is 17.7 Å². The molecule has 1 saturated heterocycles.